The van der Waals surface area contributed by atoms with E-state index in [-0.39, 0.29) is 13.1 Å². The number of nitrogens with zero attached hydrogens (tertiary/aromatic N) is 1. The minimum Gasteiger partial charge on any atom is -0.480 e. The molecule has 148 valence electrons. The summed E-state index contributed by atoms with van der Waals surface area (Å²) in [6.45, 7) is 2.42. The van der Waals surface area contributed by atoms with E-state index < -0.39 is 11.9 Å². The van der Waals surface area contributed by atoms with Crippen molar-refractivity contribution in [2.45, 2.75) is 96.8 Å². The summed E-state index contributed by atoms with van der Waals surface area (Å²) in [5.41, 5.74) is 0. The van der Waals surface area contributed by atoms with Crippen LogP contribution in [0.3, 0.4) is 0 Å². The van der Waals surface area contributed by atoms with E-state index in [2.05, 4.69) is 6.92 Å². The molecule has 0 saturated heterocycles. The van der Waals surface area contributed by atoms with Gasteiger partial charge in [0.15, 0.2) is 0 Å². The molecular weight excluding hydrogens is 318 g/mol. The summed E-state index contributed by atoms with van der Waals surface area (Å²) < 4.78 is 0. The maximum absolute atomic E-state index is 10.7. The molecule has 0 spiro atoms. The van der Waals surface area contributed by atoms with Gasteiger partial charge in [-0.05, 0) is 13.0 Å². The summed E-state index contributed by atoms with van der Waals surface area (Å²) in [4.78, 5) is 22.9. The highest BCUT2D eigenvalue weighted by Gasteiger charge is 2.12. The van der Waals surface area contributed by atoms with Gasteiger partial charge in [0.05, 0.1) is 13.1 Å². The first-order chi connectivity index (χ1) is 12.1. The molecule has 0 aromatic carbocycles. The summed E-state index contributed by atoms with van der Waals surface area (Å²) in [6.07, 6.45) is 17.9. The van der Waals surface area contributed by atoms with Crippen LogP contribution in [0.25, 0.3) is 0 Å². The fourth-order valence-corrected chi connectivity index (χ4v) is 3.13. The number of rotatable bonds is 19. The van der Waals surface area contributed by atoms with Gasteiger partial charge in [-0.3, -0.25) is 14.5 Å². The lowest BCUT2D eigenvalue weighted by Gasteiger charge is -2.17. The summed E-state index contributed by atoms with van der Waals surface area (Å²) in [6, 6.07) is 0. The van der Waals surface area contributed by atoms with Gasteiger partial charge in [-0.2, -0.15) is 0 Å². The molecular formula is C20H39NO4. The van der Waals surface area contributed by atoms with E-state index >= 15 is 0 Å². The van der Waals surface area contributed by atoms with Crippen molar-refractivity contribution in [2.75, 3.05) is 19.6 Å². The van der Waals surface area contributed by atoms with Crippen molar-refractivity contribution < 1.29 is 19.8 Å². The molecule has 0 aliphatic carbocycles. The maximum atomic E-state index is 10.7. The second kappa shape index (κ2) is 17.7. The van der Waals surface area contributed by atoms with Gasteiger partial charge in [-0.25, -0.2) is 0 Å². The van der Waals surface area contributed by atoms with Crippen LogP contribution in [0.5, 0.6) is 0 Å². The lowest BCUT2D eigenvalue weighted by atomic mass is 10.0. The van der Waals surface area contributed by atoms with E-state index in [4.69, 9.17) is 10.2 Å². The Bertz CT molecular complexity index is 318. The number of carboxylic acid groups (broad SMARTS) is 2. The molecule has 0 fully saturated rings. The van der Waals surface area contributed by atoms with Crippen molar-refractivity contribution >= 4 is 11.9 Å². The van der Waals surface area contributed by atoms with Crippen LogP contribution in [0.15, 0.2) is 0 Å². The zero-order chi connectivity index (χ0) is 18.8. The molecule has 0 atom stereocenters. The molecule has 25 heavy (non-hydrogen) atoms. The van der Waals surface area contributed by atoms with Crippen LogP contribution < -0.4 is 0 Å². The Kier molecular flexibility index (Phi) is 16.9. The van der Waals surface area contributed by atoms with Gasteiger partial charge in [0.25, 0.3) is 0 Å². The fraction of sp³-hybridized carbons (Fsp3) is 0.900. The Morgan fingerprint density at radius 2 is 0.920 bits per heavy atom. The predicted molar refractivity (Wildman–Crippen MR) is 102 cm³/mol. The Morgan fingerprint density at radius 1 is 0.600 bits per heavy atom. The van der Waals surface area contributed by atoms with E-state index in [0.717, 1.165) is 19.3 Å². The van der Waals surface area contributed by atoms with E-state index in [0.29, 0.717) is 6.54 Å². The van der Waals surface area contributed by atoms with Gasteiger partial charge in [-0.1, -0.05) is 90.4 Å². The maximum Gasteiger partial charge on any atom is 0.317 e. The Hall–Kier alpha value is -1.10. The molecule has 0 heterocycles. The topological polar surface area (TPSA) is 77.8 Å². The van der Waals surface area contributed by atoms with E-state index in [1.807, 2.05) is 0 Å². The highest BCUT2D eigenvalue weighted by molar-refractivity contribution is 5.72. The largest absolute Gasteiger partial charge is 0.480 e. The monoisotopic (exact) mass is 357 g/mol. The minimum absolute atomic E-state index is 0.190. The molecule has 0 aliphatic rings. The van der Waals surface area contributed by atoms with Crippen LogP contribution in [0.4, 0.5) is 0 Å². The number of aliphatic carboxylic acids is 2. The third kappa shape index (κ3) is 19.1. The van der Waals surface area contributed by atoms with Crippen molar-refractivity contribution in [3.8, 4) is 0 Å². The van der Waals surface area contributed by atoms with E-state index in [9.17, 15) is 9.59 Å². The lowest BCUT2D eigenvalue weighted by Crippen LogP contribution is -2.35. The Balaban J connectivity index is 3.36. The molecule has 0 aromatic rings. The fourth-order valence-electron chi connectivity index (χ4n) is 3.13. The number of carbonyl (C=O) groups is 2. The van der Waals surface area contributed by atoms with Gasteiger partial charge < -0.3 is 10.2 Å². The summed E-state index contributed by atoms with van der Waals surface area (Å²) in [5, 5.41) is 17.6. The third-order valence-corrected chi connectivity index (χ3v) is 4.55. The zero-order valence-electron chi connectivity index (χ0n) is 16.2. The summed E-state index contributed by atoms with van der Waals surface area (Å²) >= 11 is 0. The molecule has 0 bridgehead atoms. The molecule has 0 radical (unpaired) electrons. The number of hydrogen-bond acceptors (Lipinski definition) is 3. The number of carboxylic acids is 2. The van der Waals surface area contributed by atoms with Crippen LogP contribution in [0.2, 0.25) is 0 Å². The summed E-state index contributed by atoms with van der Waals surface area (Å²) in [5.74, 6) is -1.93. The van der Waals surface area contributed by atoms with Crippen LogP contribution >= 0.6 is 0 Å². The van der Waals surface area contributed by atoms with E-state index in [1.165, 1.54) is 75.5 Å². The number of unbranched alkanes of at least 4 members (excludes halogenated alkanes) is 13. The standard InChI is InChI=1S/C20H39NO4/c1-2-3-4-5-6-7-8-9-10-11-12-13-14-15-16-21(17-19(22)23)18-20(24)25/h2-18H2,1H3,(H,22,23)(H,24,25). The average Bonchev–Trinajstić information content (AvgIpc) is 2.54. The predicted octanol–water partition coefficient (Wildman–Crippen LogP) is 4.94. The first-order valence-corrected chi connectivity index (χ1v) is 10.2. The quantitative estimate of drug-likeness (QED) is 0.320. The van der Waals surface area contributed by atoms with Gasteiger partial charge in [0.1, 0.15) is 0 Å². The molecule has 0 aliphatic heterocycles. The molecule has 2 N–H and O–H groups in total. The molecule has 0 saturated carbocycles. The molecule has 5 heteroatoms. The van der Waals surface area contributed by atoms with Crippen molar-refractivity contribution in [2.24, 2.45) is 0 Å². The smallest absolute Gasteiger partial charge is 0.317 e. The second-order valence-corrected chi connectivity index (χ2v) is 7.09. The normalized spacial score (nSPS) is 11.1. The van der Waals surface area contributed by atoms with Crippen LogP contribution in [0, 0.1) is 0 Å². The number of hydrogen-bond donors (Lipinski definition) is 2. The van der Waals surface area contributed by atoms with E-state index in [1.54, 1.807) is 0 Å². The van der Waals surface area contributed by atoms with Gasteiger partial charge in [0, 0.05) is 0 Å². The van der Waals surface area contributed by atoms with Gasteiger partial charge in [0.2, 0.25) is 0 Å². The van der Waals surface area contributed by atoms with Crippen molar-refractivity contribution in [1.29, 1.82) is 0 Å². The second-order valence-electron chi connectivity index (χ2n) is 7.09. The van der Waals surface area contributed by atoms with Crippen LogP contribution in [-0.2, 0) is 9.59 Å². The van der Waals surface area contributed by atoms with Crippen molar-refractivity contribution in [3.05, 3.63) is 0 Å². The van der Waals surface area contributed by atoms with Crippen LogP contribution in [0.1, 0.15) is 96.8 Å². The van der Waals surface area contributed by atoms with Gasteiger partial charge in [-0.15, -0.1) is 0 Å². The highest BCUT2D eigenvalue weighted by atomic mass is 16.4. The first kappa shape index (κ1) is 23.9. The lowest BCUT2D eigenvalue weighted by molar-refractivity contribution is -0.141. The Labute approximate surface area is 153 Å². The average molecular weight is 358 g/mol. The Morgan fingerprint density at radius 3 is 1.24 bits per heavy atom. The molecule has 0 aromatic heterocycles. The SMILES string of the molecule is CCCCCCCCCCCCCCCCN(CC(=O)O)CC(=O)O. The molecule has 0 rings (SSSR count). The summed E-state index contributed by atoms with van der Waals surface area (Å²) in [7, 11) is 0. The van der Waals surface area contributed by atoms with Crippen molar-refractivity contribution in [3.63, 3.8) is 0 Å². The molecule has 0 unspecified atom stereocenters. The van der Waals surface area contributed by atoms with Crippen LogP contribution in [-0.4, -0.2) is 46.7 Å². The minimum atomic E-state index is -0.966. The van der Waals surface area contributed by atoms with Gasteiger partial charge >= 0.3 is 11.9 Å². The third-order valence-electron chi connectivity index (χ3n) is 4.55. The first-order valence-electron chi connectivity index (χ1n) is 10.2. The highest BCUT2D eigenvalue weighted by Crippen LogP contribution is 2.13. The van der Waals surface area contributed by atoms with Crippen molar-refractivity contribution in [1.82, 2.24) is 4.90 Å². The molecule has 5 nitrogen and oxygen atoms in total. The molecule has 0 amide bonds. The zero-order valence-corrected chi connectivity index (χ0v) is 16.2.